The molecule has 3 N–H and O–H groups in total. The first-order valence-corrected chi connectivity index (χ1v) is 14.9. The molecule has 1 amide bonds. The minimum atomic E-state index is -1.09. The van der Waals surface area contributed by atoms with E-state index in [0.717, 1.165) is 53.0 Å². The molecule has 0 atom stereocenters. The third-order valence-electron chi connectivity index (χ3n) is 8.24. The lowest BCUT2D eigenvalue weighted by molar-refractivity contribution is 0.0377. The maximum absolute atomic E-state index is 12.8. The van der Waals surface area contributed by atoms with Gasteiger partial charge in [-0.2, -0.15) is 0 Å². The van der Waals surface area contributed by atoms with E-state index < -0.39 is 23.2 Å². The van der Waals surface area contributed by atoms with Gasteiger partial charge >= 0.3 is 12.1 Å². The molecule has 1 aliphatic heterocycles. The molecule has 2 aliphatic rings. The molecule has 10 heteroatoms. The van der Waals surface area contributed by atoms with Crippen LogP contribution < -0.4 is 10.6 Å². The number of anilines is 2. The van der Waals surface area contributed by atoms with Crippen molar-refractivity contribution in [1.82, 2.24) is 24.8 Å². The van der Waals surface area contributed by atoms with Gasteiger partial charge in [0.1, 0.15) is 17.1 Å². The number of benzene rings is 2. The minimum absolute atomic E-state index is 0.0437. The summed E-state index contributed by atoms with van der Waals surface area (Å²) in [6, 6.07) is 23.2. The number of hydrogen-bond acceptors (Lipinski definition) is 7. The molecular weight excluding hydrogens is 568 g/mol. The summed E-state index contributed by atoms with van der Waals surface area (Å²) in [5.41, 5.74) is 5.47. The zero-order valence-corrected chi connectivity index (χ0v) is 25.2. The number of fused-ring (bicyclic) bond motifs is 5. The number of hydrogen-bond donors (Lipinski definition) is 3. The Hall–Kier alpha value is -5.51. The van der Waals surface area contributed by atoms with Crippen LogP contribution in [0.5, 0.6) is 0 Å². The third kappa shape index (κ3) is 5.08. The molecule has 0 unspecified atom stereocenters. The molecule has 0 saturated heterocycles. The average Bonchev–Trinajstić information content (AvgIpc) is 3.33. The standard InChI is InChI=1S/C35H32N6O4/c1-34(2,3)45-33(44)40-35(17-7-18-35)23-14-11-21(12-15-23)29-28(22-13-16-26(32(42)43)37-20-22)39-31-24-8-4-5-9-25(24)38-30-27(41(29)31)10-6-19-36-30/h4-6,8-16,19-20H,7,17-18H2,1-3H3,(H,36,38)(H,40,44)(H,42,43). The summed E-state index contributed by atoms with van der Waals surface area (Å²) >= 11 is 0. The molecule has 1 aliphatic carbocycles. The fourth-order valence-corrected chi connectivity index (χ4v) is 6.01. The van der Waals surface area contributed by atoms with Gasteiger partial charge in [0, 0.05) is 29.1 Å². The van der Waals surface area contributed by atoms with E-state index >= 15 is 0 Å². The van der Waals surface area contributed by atoms with Gasteiger partial charge in [0.25, 0.3) is 0 Å². The second-order valence-corrected chi connectivity index (χ2v) is 12.4. The van der Waals surface area contributed by atoms with Crippen LogP contribution >= 0.6 is 0 Å². The van der Waals surface area contributed by atoms with Gasteiger partial charge in [-0.15, -0.1) is 0 Å². The lowest BCUT2D eigenvalue weighted by atomic mass is 9.71. The van der Waals surface area contributed by atoms with E-state index in [2.05, 4.69) is 37.3 Å². The summed E-state index contributed by atoms with van der Waals surface area (Å²) < 4.78 is 7.67. The summed E-state index contributed by atoms with van der Waals surface area (Å²) in [5.74, 6) is 0.297. The van der Waals surface area contributed by atoms with E-state index in [9.17, 15) is 14.7 Å². The van der Waals surface area contributed by atoms with Crippen LogP contribution in [0.1, 0.15) is 56.1 Å². The van der Waals surface area contributed by atoms with Gasteiger partial charge < -0.3 is 20.5 Å². The van der Waals surface area contributed by atoms with Crippen LogP contribution in [0.15, 0.2) is 85.2 Å². The number of carbonyl (C=O) groups is 2. The molecule has 10 nitrogen and oxygen atoms in total. The first-order chi connectivity index (χ1) is 21.6. The number of carboxylic acids is 1. The number of aromatic nitrogens is 4. The van der Waals surface area contributed by atoms with Crippen LogP contribution in [0.2, 0.25) is 0 Å². The van der Waals surface area contributed by atoms with Crippen LogP contribution in [0, 0.1) is 0 Å². The topological polar surface area (TPSA) is 131 Å². The molecule has 3 aromatic heterocycles. The van der Waals surface area contributed by atoms with E-state index in [4.69, 9.17) is 9.72 Å². The number of aromatic carboxylic acids is 1. The van der Waals surface area contributed by atoms with E-state index in [0.29, 0.717) is 22.9 Å². The summed E-state index contributed by atoms with van der Waals surface area (Å²) in [6.07, 6.45) is 5.52. The van der Waals surface area contributed by atoms with E-state index in [1.807, 2.05) is 69.3 Å². The predicted molar refractivity (Wildman–Crippen MR) is 171 cm³/mol. The fraction of sp³-hybridized carbons (Fsp3) is 0.229. The molecule has 226 valence electrons. The Morgan fingerprint density at radius 2 is 1.71 bits per heavy atom. The molecule has 7 rings (SSSR count). The largest absolute Gasteiger partial charge is 0.477 e. The molecule has 0 spiro atoms. The normalized spacial score (nSPS) is 14.5. The Kier molecular flexibility index (Phi) is 6.65. The molecule has 45 heavy (non-hydrogen) atoms. The highest BCUT2D eigenvalue weighted by molar-refractivity contribution is 5.91. The number of carbonyl (C=O) groups excluding carboxylic acids is 1. The van der Waals surface area contributed by atoms with Crippen LogP contribution in [-0.4, -0.2) is 42.3 Å². The van der Waals surface area contributed by atoms with Crippen LogP contribution in [0.25, 0.3) is 39.6 Å². The van der Waals surface area contributed by atoms with E-state index in [1.165, 1.54) is 6.07 Å². The Morgan fingerprint density at radius 3 is 2.38 bits per heavy atom. The Labute approximate surface area is 260 Å². The number of nitrogens with zero attached hydrogens (tertiary/aromatic N) is 4. The first kappa shape index (κ1) is 28.3. The number of nitrogens with one attached hydrogen (secondary N) is 2. The predicted octanol–water partition coefficient (Wildman–Crippen LogP) is 7.32. The Balaban J connectivity index is 1.39. The third-order valence-corrected chi connectivity index (χ3v) is 8.24. The van der Waals surface area contributed by atoms with Crippen molar-refractivity contribution in [2.45, 2.75) is 51.2 Å². The van der Waals surface area contributed by atoms with Gasteiger partial charge in [0.15, 0.2) is 5.82 Å². The summed E-state index contributed by atoms with van der Waals surface area (Å²) in [4.78, 5) is 38.4. The van der Waals surface area contributed by atoms with Crippen molar-refractivity contribution >= 4 is 23.6 Å². The average molecular weight is 601 g/mol. The lowest BCUT2D eigenvalue weighted by Crippen LogP contribution is -2.52. The fourth-order valence-electron chi connectivity index (χ4n) is 6.01. The van der Waals surface area contributed by atoms with Crippen LogP contribution in [-0.2, 0) is 10.3 Å². The monoisotopic (exact) mass is 600 g/mol. The van der Waals surface area contributed by atoms with E-state index in [-0.39, 0.29) is 5.69 Å². The lowest BCUT2D eigenvalue weighted by Gasteiger charge is -2.43. The zero-order chi connectivity index (χ0) is 31.3. The first-order valence-electron chi connectivity index (χ1n) is 14.9. The van der Waals surface area contributed by atoms with Gasteiger partial charge in [0.05, 0.1) is 28.3 Å². The van der Waals surface area contributed by atoms with Gasteiger partial charge in [-0.25, -0.2) is 24.5 Å². The molecular formula is C35H32N6O4. The van der Waals surface area contributed by atoms with Crippen molar-refractivity contribution in [3.63, 3.8) is 0 Å². The van der Waals surface area contributed by atoms with Gasteiger partial charge in [0.2, 0.25) is 0 Å². The van der Waals surface area contributed by atoms with E-state index in [1.54, 1.807) is 18.5 Å². The quantitative estimate of drug-likeness (QED) is 0.188. The van der Waals surface area contributed by atoms with Gasteiger partial charge in [-0.1, -0.05) is 36.4 Å². The molecule has 0 bridgehead atoms. The van der Waals surface area contributed by atoms with Crippen molar-refractivity contribution in [1.29, 1.82) is 0 Å². The highest BCUT2D eigenvalue weighted by Gasteiger charge is 2.41. The van der Waals surface area contributed by atoms with Crippen molar-refractivity contribution < 1.29 is 19.4 Å². The van der Waals surface area contributed by atoms with Crippen molar-refractivity contribution in [3.05, 3.63) is 96.4 Å². The second-order valence-electron chi connectivity index (χ2n) is 12.4. The highest BCUT2D eigenvalue weighted by Crippen LogP contribution is 2.46. The summed E-state index contributed by atoms with van der Waals surface area (Å²) in [6.45, 7) is 5.56. The van der Waals surface area contributed by atoms with Gasteiger partial charge in [-0.3, -0.25) is 4.57 Å². The number of alkyl carbamates (subject to hydrolysis) is 1. The van der Waals surface area contributed by atoms with Crippen LogP contribution in [0.3, 0.4) is 0 Å². The van der Waals surface area contributed by atoms with Crippen molar-refractivity contribution in [2.24, 2.45) is 0 Å². The molecule has 1 fully saturated rings. The Morgan fingerprint density at radius 1 is 0.956 bits per heavy atom. The van der Waals surface area contributed by atoms with Crippen molar-refractivity contribution in [3.8, 4) is 39.6 Å². The number of ether oxygens (including phenoxy) is 1. The number of para-hydroxylation sites is 1. The number of imidazole rings is 1. The smallest absolute Gasteiger partial charge is 0.408 e. The molecule has 4 heterocycles. The second kappa shape index (κ2) is 10.6. The number of amides is 1. The summed E-state index contributed by atoms with van der Waals surface area (Å²) in [7, 11) is 0. The Bertz CT molecular complexity index is 1940. The molecule has 2 aromatic carbocycles. The molecule has 1 saturated carbocycles. The van der Waals surface area contributed by atoms with Crippen molar-refractivity contribution in [2.75, 3.05) is 5.32 Å². The van der Waals surface area contributed by atoms with Gasteiger partial charge in [-0.05, 0) is 82.0 Å². The number of carboxylic acid groups (broad SMARTS) is 1. The minimum Gasteiger partial charge on any atom is -0.477 e. The number of rotatable bonds is 5. The SMILES string of the molecule is CC(C)(C)OC(=O)NC1(c2ccc(-c3c(-c4ccc(C(=O)O)nc4)nc4n3-c3cccnc3Nc3ccccc3-4)cc2)CCC1. The summed E-state index contributed by atoms with van der Waals surface area (Å²) in [5, 5.41) is 16.1. The molecule has 0 radical (unpaired) electrons. The maximum Gasteiger partial charge on any atom is 0.408 e. The number of pyridine rings is 2. The molecule has 5 aromatic rings. The maximum atomic E-state index is 12.8. The highest BCUT2D eigenvalue weighted by atomic mass is 16.6. The zero-order valence-electron chi connectivity index (χ0n) is 25.2. The van der Waals surface area contributed by atoms with Crippen LogP contribution in [0.4, 0.5) is 16.3 Å².